The van der Waals surface area contributed by atoms with Gasteiger partial charge in [-0.1, -0.05) is 0 Å². The van der Waals surface area contributed by atoms with Gasteiger partial charge < -0.3 is 0 Å². The number of hydrogen-bond acceptors (Lipinski definition) is 4. The molecule has 4 amide bonds. The van der Waals surface area contributed by atoms with Gasteiger partial charge in [0.2, 0.25) is 0 Å². The monoisotopic (exact) mass is 182 g/mol. The fourth-order valence-electron chi connectivity index (χ4n) is 1.63. The summed E-state index contributed by atoms with van der Waals surface area (Å²) in [6, 6.07) is 0. The summed E-state index contributed by atoms with van der Waals surface area (Å²) in [7, 11) is 2.49. The molecule has 0 bridgehead atoms. The molecule has 2 aliphatic rings. The van der Waals surface area contributed by atoms with E-state index in [0.29, 0.717) is 0 Å². The lowest BCUT2D eigenvalue weighted by atomic mass is 9.69. The predicted octanol–water partition coefficient (Wildman–Crippen LogP) is -2.03. The normalized spacial score (nSPS) is 25.1. The molecule has 0 atom stereocenters. The van der Waals surface area contributed by atoms with Crippen LogP contribution in [0, 0.1) is 5.41 Å². The zero-order chi connectivity index (χ0) is 9.96. The summed E-state index contributed by atoms with van der Waals surface area (Å²) in [6.07, 6.45) is 0. The second-order valence-electron chi connectivity index (χ2n) is 3.09. The molecule has 68 valence electrons. The van der Waals surface area contributed by atoms with E-state index in [9.17, 15) is 19.2 Å². The molecule has 0 radical (unpaired) electrons. The molecule has 2 rings (SSSR count). The molecule has 6 nitrogen and oxygen atoms in total. The summed E-state index contributed by atoms with van der Waals surface area (Å²) in [5, 5.41) is 0. The average Bonchev–Trinajstić information content (AvgIpc) is 2.16. The van der Waals surface area contributed by atoms with Crippen molar-refractivity contribution >= 4 is 23.6 Å². The van der Waals surface area contributed by atoms with Crippen LogP contribution in [0.1, 0.15) is 0 Å². The van der Waals surface area contributed by atoms with Crippen molar-refractivity contribution < 1.29 is 19.2 Å². The maximum Gasteiger partial charge on any atom is 0.284 e. The summed E-state index contributed by atoms with van der Waals surface area (Å²) in [4.78, 5) is 46.3. The lowest BCUT2D eigenvalue weighted by molar-refractivity contribution is -0.196. The minimum absolute atomic E-state index is 0.717. The first-order valence-corrected chi connectivity index (χ1v) is 3.61. The molecule has 0 aromatic carbocycles. The summed E-state index contributed by atoms with van der Waals surface area (Å²) in [5.74, 6) is -2.87. The van der Waals surface area contributed by atoms with Gasteiger partial charge in [-0.3, -0.25) is 29.0 Å². The Hall–Kier alpha value is -1.72. The second-order valence-corrected chi connectivity index (χ2v) is 3.09. The first-order chi connectivity index (χ1) is 5.95. The van der Waals surface area contributed by atoms with E-state index in [4.69, 9.17) is 0 Å². The minimum Gasteiger partial charge on any atom is -0.282 e. The van der Waals surface area contributed by atoms with Crippen molar-refractivity contribution in [3.63, 3.8) is 0 Å². The van der Waals surface area contributed by atoms with E-state index in [1.165, 1.54) is 14.1 Å². The van der Waals surface area contributed by atoms with Gasteiger partial charge in [-0.2, -0.15) is 0 Å². The number of carbonyl (C=O) groups excluding carboxylic acids is 4. The van der Waals surface area contributed by atoms with Gasteiger partial charge in [-0.05, 0) is 0 Å². The van der Waals surface area contributed by atoms with Gasteiger partial charge in [0.05, 0.1) is 0 Å². The summed E-state index contributed by atoms with van der Waals surface area (Å²) >= 11 is 0. The van der Waals surface area contributed by atoms with Crippen LogP contribution in [-0.4, -0.2) is 47.5 Å². The molecule has 6 heteroatoms. The van der Waals surface area contributed by atoms with E-state index in [-0.39, 0.29) is 0 Å². The Morgan fingerprint density at radius 1 is 0.769 bits per heavy atom. The highest BCUT2D eigenvalue weighted by molar-refractivity contribution is 6.52. The largest absolute Gasteiger partial charge is 0.284 e. The molecule has 0 aliphatic carbocycles. The molecule has 2 saturated heterocycles. The molecule has 2 heterocycles. The molecular formula is C7H6N2O4. The van der Waals surface area contributed by atoms with E-state index in [2.05, 4.69) is 0 Å². The van der Waals surface area contributed by atoms with Crippen LogP contribution < -0.4 is 0 Å². The quantitative estimate of drug-likeness (QED) is 0.320. The Morgan fingerprint density at radius 3 is 1.23 bits per heavy atom. The number of rotatable bonds is 0. The molecule has 0 N–H and O–H groups in total. The Labute approximate surface area is 73.1 Å². The molecule has 1 spiro atoms. The van der Waals surface area contributed by atoms with Gasteiger partial charge >= 0.3 is 0 Å². The standard InChI is InChI=1S/C7H6N2O4/c1-8-3(10)7(4(8)11)5(12)9(2)6(7)13/h1-2H3. The van der Waals surface area contributed by atoms with Gasteiger partial charge in [0.1, 0.15) is 0 Å². The highest BCUT2D eigenvalue weighted by Crippen LogP contribution is 2.42. The second kappa shape index (κ2) is 1.78. The molecule has 0 saturated carbocycles. The van der Waals surface area contributed by atoms with E-state index in [1.807, 2.05) is 0 Å². The Kier molecular flexibility index (Phi) is 1.08. The van der Waals surface area contributed by atoms with Crippen molar-refractivity contribution in [3.05, 3.63) is 0 Å². The lowest BCUT2D eigenvalue weighted by Crippen LogP contribution is -2.82. The van der Waals surface area contributed by atoms with E-state index >= 15 is 0 Å². The van der Waals surface area contributed by atoms with Crippen LogP contribution in [-0.2, 0) is 19.2 Å². The van der Waals surface area contributed by atoms with Crippen LogP contribution >= 0.6 is 0 Å². The number of carbonyl (C=O) groups is 4. The molecule has 0 unspecified atom stereocenters. The van der Waals surface area contributed by atoms with Crippen molar-refractivity contribution in [1.29, 1.82) is 0 Å². The van der Waals surface area contributed by atoms with E-state index in [1.54, 1.807) is 0 Å². The molecule has 13 heavy (non-hydrogen) atoms. The smallest absolute Gasteiger partial charge is 0.282 e. The lowest BCUT2D eigenvalue weighted by Gasteiger charge is -2.50. The van der Waals surface area contributed by atoms with Gasteiger partial charge in [0.25, 0.3) is 29.0 Å². The van der Waals surface area contributed by atoms with E-state index in [0.717, 1.165) is 9.80 Å². The number of imide groups is 2. The number of amides is 4. The third-order valence-electron chi connectivity index (χ3n) is 2.50. The topological polar surface area (TPSA) is 74.8 Å². The maximum atomic E-state index is 11.2. The average molecular weight is 182 g/mol. The van der Waals surface area contributed by atoms with Gasteiger partial charge in [-0.25, -0.2) is 0 Å². The predicted molar refractivity (Wildman–Crippen MR) is 38.0 cm³/mol. The van der Waals surface area contributed by atoms with Gasteiger partial charge in [0.15, 0.2) is 0 Å². The van der Waals surface area contributed by atoms with Gasteiger partial charge in [0, 0.05) is 14.1 Å². The number of nitrogens with zero attached hydrogens (tertiary/aromatic N) is 2. The van der Waals surface area contributed by atoms with Crippen LogP contribution in [0.4, 0.5) is 0 Å². The summed E-state index contributed by atoms with van der Waals surface area (Å²) in [6.45, 7) is 0. The fourth-order valence-corrected chi connectivity index (χ4v) is 1.63. The first-order valence-electron chi connectivity index (χ1n) is 3.61. The van der Waals surface area contributed by atoms with E-state index < -0.39 is 29.0 Å². The van der Waals surface area contributed by atoms with Crippen molar-refractivity contribution in [2.75, 3.05) is 14.1 Å². The number of likely N-dealkylation sites (tertiary alicyclic amines) is 2. The van der Waals surface area contributed by atoms with Crippen LogP contribution in [0.15, 0.2) is 0 Å². The third-order valence-corrected chi connectivity index (χ3v) is 2.50. The molecule has 2 fully saturated rings. The zero-order valence-corrected chi connectivity index (χ0v) is 7.03. The van der Waals surface area contributed by atoms with Crippen molar-refractivity contribution in [3.8, 4) is 0 Å². The highest BCUT2D eigenvalue weighted by Gasteiger charge is 2.78. The SMILES string of the molecule is CN1C(=O)C2(C1=O)C(=O)N(C)C2=O. The Balaban J connectivity index is 2.46. The fraction of sp³-hybridized carbons (Fsp3) is 0.429. The maximum absolute atomic E-state index is 11.2. The van der Waals surface area contributed by atoms with Crippen LogP contribution in [0.2, 0.25) is 0 Å². The third kappa shape index (κ3) is 0.481. The first kappa shape index (κ1) is 7.90. The van der Waals surface area contributed by atoms with Crippen molar-refractivity contribution in [2.45, 2.75) is 0 Å². The summed E-state index contributed by atoms with van der Waals surface area (Å²) < 4.78 is 0. The Bertz CT molecular complexity index is 301. The molecule has 0 aromatic rings. The minimum atomic E-state index is -1.98. The molecule has 0 aromatic heterocycles. The van der Waals surface area contributed by atoms with Crippen molar-refractivity contribution in [2.24, 2.45) is 5.41 Å². The van der Waals surface area contributed by atoms with Crippen LogP contribution in [0.5, 0.6) is 0 Å². The van der Waals surface area contributed by atoms with Crippen LogP contribution in [0.25, 0.3) is 0 Å². The van der Waals surface area contributed by atoms with Crippen LogP contribution in [0.3, 0.4) is 0 Å². The number of hydrogen-bond donors (Lipinski definition) is 0. The summed E-state index contributed by atoms with van der Waals surface area (Å²) in [5.41, 5.74) is -1.98. The zero-order valence-electron chi connectivity index (χ0n) is 7.03. The Morgan fingerprint density at radius 2 is 1.00 bits per heavy atom. The highest BCUT2D eigenvalue weighted by atomic mass is 16.2. The van der Waals surface area contributed by atoms with Crippen molar-refractivity contribution in [1.82, 2.24) is 9.80 Å². The van der Waals surface area contributed by atoms with Gasteiger partial charge in [-0.15, -0.1) is 0 Å². The molecular weight excluding hydrogens is 176 g/mol. The number of β-lactam (4-membered cyclic amide) rings is 4. The molecule has 2 aliphatic heterocycles.